The number of benzene rings is 1. The van der Waals surface area contributed by atoms with Crippen molar-refractivity contribution in [2.75, 3.05) is 6.54 Å². The number of carbonyl (C=O) groups excluding carboxylic acids is 1. The van der Waals surface area contributed by atoms with Crippen LogP contribution < -0.4 is 10.6 Å². The highest BCUT2D eigenvalue weighted by Gasteiger charge is 2.04. The zero-order valence-corrected chi connectivity index (χ0v) is 12.1. The quantitative estimate of drug-likeness (QED) is 0.844. The first-order valence-electron chi connectivity index (χ1n) is 7.09. The van der Waals surface area contributed by atoms with Crippen LogP contribution in [-0.4, -0.2) is 17.1 Å². The van der Waals surface area contributed by atoms with Gasteiger partial charge in [-0.2, -0.15) is 0 Å². The number of carbonyl (C=O) groups is 1. The Morgan fingerprint density at radius 1 is 1.19 bits per heavy atom. The van der Waals surface area contributed by atoms with E-state index in [0.717, 1.165) is 17.7 Å². The topological polar surface area (TPSA) is 46.1 Å². The molecule has 2 amide bonds. The van der Waals surface area contributed by atoms with Crippen LogP contribution in [0.3, 0.4) is 0 Å². The van der Waals surface area contributed by atoms with Crippen molar-refractivity contribution in [2.45, 2.75) is 26.4 Å². The SMILES string of the molecule is CCCNC(=O)NCc1cccn1Cc1ccc(F)cc1. The standard InChI is InChI=1S/C16H20FN3O/c1-2-9-18-16(21)19-11-15-4-3-10-20(15)12-13-5-7-14(17)8-6-13/h3-8,10H,2,9,11-12H2,1H3,(H2,18,19,21). The second kappa shape index (κ2) is 7.47. The van der Waals surface area contributed by atoms with Gasteiger partial charge in [0.05, 0.1) is 6.54 Å². The third kappa shape index (κ3) is 4.63. The smallest absolute Gasteiger partial charge is 0.315 e. The van der Waals surface area contributed by atoms with E-state index in [1.165, 1.54) is 12.1 Å². The van der Waals surface area contributed by atoms with Gasteiger partial charge in [0.15, 0.2) is 0 Å². The van der Waals surface area contributed by atoms with E-state index >= 15 is 0 Å². The van der Waals surface area contributed by atoms with Crippen molar-refractivity contribution in [1.29, 1.82) is 0 Å². The lowest BCUT2D eigenvalue weighted by Gasteiger charge is -2.11. The summed E-state index contributed by atoms with van der Waals surface area (Å²) in [6.45, 7) is 3.79. The maximum absolute atomic E-state index is 12.9. The molecule has 0 aliphatic carbocycles. The number of nitrogens with one attached hydrogen (secondary N) is 2. The maximum Gasteiger partial charge on any atom is 0.315 e. The summed E-state index contributed by atoms with van der Waals surface area (Å²) in [7, 11) is 0. The van der Waals surface area contributed by atoms with Gasteiger partial charge in [0.25, 0.3) is 0 Å². The molecule has 0 bridgehead atoms. The van der Waals surface area contributed by atoms with Crippen LogP contribution >= 0.6 is 0 Å². The Labute approximate surface area is 124 Å². The minimum Gasteiger partial charge on any atom is -0.345 e. The zero-order valence-electron chi connectivity index (χ0n) is 12.1. The highest BCUT2D eigenvalue weighted by Crippen LogP contribution is 2.09. The molecule has 1 heterocycles. The molecule has 0 aliphatic rings. The van der Waals surface area contributed by atoms with Crippen LogP contribution in [0.5, 0.6) is 0 Å². The highest BCUT2D eigenvalue weighted by molar-refractivity contribution is 5.73. The molecule has 0 saturated carbocycles. The molecular formula is C16H20FN3O. The molecule has 0 radical (unpaired) electrons. The summed E-state index contributed by atoms with van der Waals surface area (Å²) in [6.07, 6.45) is 2.86. The van der Waals surface area contributed by atoms with Crippen LogP contribution in [0.2, 0.25) is 0 Å². The van der Waals surface area contributed by atoms with Gasteiger partial charge >= 0.3 is 6.03 Å². The van der Waals surface area contributed by atoms with Crippen LogP contribution in [0.15, 0.2) is 42.6 Å². The van der Waals surface area contributed by atoms with Crippen LogP contribution in [0.4, 0.5) is 9.18 Å². The number of hydrogen-bond acceptors (Lipinski definition) is 1. The van der Waals surface area contributed by atoms with Gasteiger partial charge in [-0.1, -0.05) is 19.1 Å². The molecule has 112 valence electrons. The number of amides is 2. The van der Waals surface area contributed by atoms with E-state index in [2.05, 4.69) is 10.6 Å². The van der Waals surface area contributed by atoms with E-state index in [1.807, 2.05) is 29.8 Å². The van der Waals surface area contributed by atoms with E-state index in [4.69, 9.17) is 0 Å². The van der Waals surface area contributed by atoms with Gasteiger partial charge in [0, 0.05) is 25.0 Å². The summed E-state index contributed by atoms with van der Waals surface area (Å²) >= 11 is 0. The Balaban J connectivity index is 1.92. The van der Waals surface area contributed by atoms with E-state index < -0.39 is 0 Å². The molecule has 2 rings (SSSR count). The minimum absolute atomic E-state index is 0.161. The molecule has 1 aromatic carbocycles. The van der Waals surface area contributed by atoms with Gasteiger partial charge in [-0.05, 0) is 36.2 Å². The predicted molar refractivity (Wildman–Crippen MR) is 80.5 cm³/mol. The van der Waals surface area contributed by atoms with Crippen molar-refractivity contribution in [2.24, 2.45) is 0 Å². The lowest BCUT2D eigenvalue weighted by molar-refractivity contribution is 0.240. The second-order valence-corrected chi connectivity index (χ2v) is 4.86. The molecule has 2 N–H and O–H groups in total. The van der Waals surface area contributed by atoms with Gasteiger partial charge in [0.1, 0.15) is 5.82 Å². The molecule has 0 atom stereocenters. The summed E-state index contributed by atoms with van der Waals surface area (Å²) < 4.78 is 14.9. The molecule has 0 aliphatic heterocycles. The Bertz CT molecular complexity index is 577. The van der Waals surface area contributed by atoms with Gasteiger partial charge in [-0.25, -0.2) is 9.18 Å². The number of halogens is 1. The number of hydrogen-bond donors (Lipinski definition) is 2. The Morgan fingerprint density at radius 2 is 1.95 bits per heavy atom. The van der Waals surface area contributed by atoms with Gasteiger partial charge < -0.3 is 15.2 Å². The van der Waals surface area contributed by atoms with Crippen molar-refractivity contribution >= 4 is 6.03 Å². The third-order valence-electron chi connectivity index (χ3n) is 3.16. The average Bonchev–Trinajstić information content (AvgIpc) is 2.92. The Kier molecular flexibility index (Phi) is 5.37. The van der Waals surface area contributed by atoms with Crippen LogP contribution in [0.25, 0.3) is 0 Å². The van der Waals surface area contributed by atoms with E-state index in [9.17, 15) is 9.18 Å². The molecule has 0 saturated heterocycles. The fourth-order valence-corrected chi connectivity index (χ4v) is 2.02. The summed E-state index contributed by atoms with van der Waals surface area (Å²) in [4.78, 5) is 11.5. The van der Waals surface area contributed by atoms with Crippen LogP contribution in [0.1, 0.15) is 24.6 Å². The third-order valence-corrected chi connectivity index (χ3v) is 3.16. The number of nitrogens with zero attached hydrogens (tertiary/aromatic N) is 1. The molecule has 0 spiro atoms. The fourth-order valence-electron chi connectivity index (χ4n) is 2.02. The van der Waals surface area contributed by atoms with Gasteiger partial charge in [-0.3, -0.25) is 0 Å². The van der Waals surface area contributed by atoms with Crippen molar-refractivity contribution < 1.29 is 9.18 Å². The van der Waals surface area contributed by atoms with E-state index in [-0.39, 0.29) is 11.8 Å². The maximum atomic E-state index is 12.9. The lowest BCUT2D eigenvalue weighted by atomic mass is 10.2. The molecule has 21 heavy (non-hydrogen) atoms. The molecule has 1 aromatic heterocycles. The summed E-state index contributed by atoms with van der Waals surface area (Å²) in [6, 6.07) is 10.2. The monoisotopic (exact) mass is 289 g/mol. The first-order valence-corrected chi connectivity index (χ1v) is 7.09. The number of aromatic nitrogens is 1. The van der Waals surface area contributed by atoms with E-state index in [0.29, 0.717) is 19.6 Å². The molecule has 2 aromatic rings. The Morgan fingerprint density at radius 3 is 2.67 bits per heavy atom. The molecule has 0 fully saturated rings. The highest BCUT2D eigenvalue weighted by atomic mass is 19.1. The summed E-state index contributed by atoms with van der Waals surface area (Å²) in [5.41, 5.74) is 2.02. The van der Waals surface area contributed by atoms with Crippen molar-refractivity contribution in [3.8, 4) is 0 Å². The molecule has 5 heteroatoms. The van der Waals surface area contributed by atoms with Crippen molar-refractivity contribution in [1.82, 2.24) is 15.2 Å². The largest absolute Gasteiger partial charge is 0.345 e. The average molecular weight is 289 g/mol. The van der Waals surface area contributed by atoms with Crippen LogP contribution in [0, 0.1) is 5.82 Å². The first kappa shape index (κ1) is 15.1. The van der Waals surface area contributed by atoms with Gasteiger partial charge in [0.2, 0.25) is 0 Å². The van der Waals surface area contributed by atoms with Crippen molar-refractivity contribution in [3.63, 3.8) is 0 Å². The van der Waals surface area contributed by atoms with Crippen molar-refractivity contribution in [3.05, 3.63) is 59.7 Å². The Hall–Kier alpha value is -2.30. The van der Waals surface area contributed by atoms with Gasteiger partial charge in [-0.15, -0.1) is 0 Å². The predicted octanol–water partition coefficient (Wildman–Crippen LogP) is 2.88. The lowest BCUT2D eigenvalue weighted by Crippen LogP contribution is -2.35. The molecular weight excluding hydrogens is 269 g/mol. The van der Waals surface area contributed by atoms with Crippen LogP contribution in [-0.2, 0) is 13.1 Å². The second-order valence-electron chi connectivity index (χ2n) is 4.86. The minimum atomic E-state index is -0.235. The summed E-state index contributed by atoms with van der Waals surface area (Å²) in [5.74, 6) is -0.235. The van der Waals surface area contributed by atoms with E-state index in [1.54, 1.807) is 12.1 Å². The zero-order chi connectivity index (χ0) is 15.1. The summed E-state index contributed by atoms with van der Waals surface area (Å²) in [5, 5.41) is 5.59. The molecule has 4 nitrogen and oxygen atoms in total. The fraction of sp³-hybridized carbons (Fsp3) is 0.312. The normalized spacial score (nSPS) is 10.4. The number of rotatable bonds is 6. The first-order chi connectivity index (χ1) is 10.2. The molecule has 0 unspecified atom stereocenters. The number of urea groups is 1.